The van der Waals surface area contributed by atoms with Crippen molar-refractivity contribution >= 4 is 5.65 Å². The van der Waals surface area contributed by atoms with E-state index in [-0.39, 0.29) is 0 Å². The van der Waals surface area contributed by atoms with Crippen LogP contribution in [0.5, 0.6) is 23.0 Å². The number of aromatic nitrogens is 4. The Bertz CT molecular complexity index is 1500. The van der Waals surface area contributed by atoms with Gasteiger partial charge in [0.15, 0.2) is 5.65 Å². The van der Waals surface area contributed by atoms with E-state index >= 15 is 0 Å². The molecule has 196 valence electrons. The fraction of sp³-hybridized carbons (Fsp3) is 0.281. The summed E-state index contributed by atoms with van der Waals surface area (Å²) in [6, 6.07) is 20.3. The van der Waals surface area contributed by atoms with Gasteiger partial charge in [-0.1, -0.05) is 52.0 Å². The molecule has 5 rings (SSSR count). The standard InChI is InChI=1S/C16H17N3O.C16H19NO/c1-11(2)13-4-5-15(12(3)8-13)20-14-6-7-19-16(9-14)17-10-18-19;1-11(2)14-6-8-16(12(3)9-14)18-15-7-5-13(4)17-10-15/h4-11H,1-3H3;5-11H,1-4H3. The highest BCUT2D eigenvalue weighted by Gasteiger charge is 2.07. The smallest absolute Gasteiger partial charge is 0.158 e. The third kappa shape index (κ3) is 6.76. The van der Waals surface area contributed by atoms with Crippen LogP contribution in [0.4, 0.5) is 0 Å². The fourth-order valence-corrected chi connectivity index (χ4v) is 3.92. The molecule has 0 bridgehead atoms. The summed E-state index contributed by atoms with van der Waals surface area (Å²) in [7, 11) is 0. The highest BCUT2D eigenvalue weighted by molar-refractivity contribution is 5.46. The number of ether oxygens (including phenoxy) is 2. The number of hydrogen-bond acceptors (Lipinski definition) is 5. The van der Waals surface area contributed by atoms with Crippen LogP contribution in [-0.2, 0) is 0 Å². The first-order valence-corrected chi connectivity index (χ1v) is 13.0. The van der Waals surface area contributed by atoms with Gasteiger partial charge >= 0.3 is 0 Å². The first kappa shape index (κ1) is 26.9. The van der Waals surface area contributed by atoms with Crippen LogP contribution in [0, 0.1) is 20.8 Å². The normalized spacial score (nSPS) is 11.0. The van der Waals surface area contributed by atoms with E-state index in [0.29, 0.717) is 11.8 Å². The van der Waals surface area contributed by atoms with Crippen LogP contribution in [0.2, 0.25) is 0 Å². The zero-order valence-electron chi connectivity index (χ0n) is 23.3. The largest absolute Gasteiger partial charge is 0.457 e. The molecule has 0 aliphatic rings. The van der Waals surface area contributed by atoms with Crippen molar-refractivity contribution in [3.8, 4) is 23.0 Å². The average Bonchev–Trinajstić information content (AvgIpc) is 3.36. The molecule has 0 spiro atoms. The number of pyridine rings is 2. The second kappa shape index (κ2) is 11.9. The van der Waals surface area contributed by atoms with Crippen molar-refractivity contribution in [3.05, 3.63) is 107 Å². The highest BCUT2D eigenvalue weighted by Crippen LogP contribution is 2.29. The lowest BCUT2D eigenvalue weighted by Crippen LogP contribution is -1.93. The van der Waals surface area contributed by atoms with E-state index in [0.717, 1.165) is 45.5 Å². The molecule has 0 amide bonds. The molecule has 0 saturated heterocycles. The molecule has 0 unspecified atom stereocenters. The van der Waals surface area contributed by atoms with Crippen LogP contribution in [0.1, 0.15) is 67.5 Å². The Hall–Kier alpha value is -4.19. The topological polar surface area (TPSA) is 61.5 Å². The minimum atomic E-state index is 0.523. The fourth-order valence-electron chi connectivity index (χ4n) is 3.92. The number of aryl methyl sites for hydroxylation is 3. The molecule has 5 aromatic rings. The zero-order chi connectivity index (χ0) is 27.2. The lowest BCUT2D eigenvalue weighted by Gasteiger charge is -2.12. The Labute approximate surface area is 225 Å². The predicted octanol–water partition coefficient (Wildman–Crippen LogP) is 8.57. The predicted molar refractivity (Wildman–Crippen MR) is 153 cm³/mol. The summed E-state index contributed by atoms with van der Waals surface area (Å²) in [4.78, 5) is 8.38. The summed E-state index contributed by atoms with van der Waals surface area (Å²) in [5.41, 5.74) is 6.72. The molecular weight excluding hydrogens is 472 g/mol. The lowest BCUT2D eigenvalue weighted by molar-refractivity contribution is 0.476. The average molecular weight is 509 g/mol. The summed E-state index contributed by atoms with van der Waals surface area (Å²) < 4.78 is 13.5. The summed E-state index contributed by atoms with van der Waals surface area (Å²) in [6.07, 6.45) is 5.13. The summed E-state index contributed by atoms with van der Waals surface area (Å²) in [5.74, 6) is 4.38. The van der Waals surface area contributed by atoms with Crippen molar-refractivity contribution in [1.29, 1.82) is 0 Å². The molecule has 2 aromatic carbocycles. The van der Waals surface area contributed by atoms with Gasteiger partial charge < -0.3 is 9.47 Å². The second-order valence-corrected chi connectivity index (χ2v) is 10.1. The summed E-state index contributed by atoms with van der Waals surface area (Å²) >= 11 is 0. The van der Waals surface area contributed by atoms with Crippen molar-refractivity contribution < 1.29 is 9.47 Å². The van der Waals surface area contributed by atoms with Crippen molar-refractivity contribution in [1.82, 2.24) is 19.6 Å². The number of nitrogens with zero attached hydrogens (tertiary/aromatic N) is 4. The van der Waals surface area contributed by atoms with Crippen LogP contribution in [0.15, 0.2) is 79.4 Å². The Balaban J connectivity index is 0.000000178. The number of fused-ring (bicyclic) bond motifs is 1. The SMILES string of the molecule is Cc1cc(C(C)C)ccc1Oc1ccn2ncnc2c1.Cc1ccc(Oc2ccc(C(C)C)cc2C)cn1. The van der Waals surface area contributed by atoms with Crippen LogP contribution in [-0.4, -0.2) is 19.6 Å². The molecule has 0 saturated carbocycles. The quantitative estimate of drug-likeness (QED) is 0.230. The molecule has 0 aliphatic carbocycles. The first-order chi connectivity index (χ1) is 18.2. The van der Waals surface area contributed by atoms with Gasteiger partial charge in [0.25, 0.3) is 0 Å². The second-order valence-electron chi connectivity index (χ2n) is 10.1. The monoisotopic (exact) mass is 508 g/mol. The van der Waals surface area contributed by atoms with E-state index in [1.54, 1.807) is 10.7 Å². The minimum Gasteiger partial charge on any atom is -0.457 e. The third-order valence-electron chi connectivity index (χ3n) is 6.32. The maximum atomic E-state index is 5.94. The lowest BCUT2D eigenvalue weighted by atomic mass is 10.0. The van der Waals surface area contributed by atoms with Crippen molar-refractivity contribution in [2.75, 3.05) is 0 Å². The van der Waals surface area contributed by atoms with E-state index in [1.807, 2.05) is 49.5 Å². The molecule has 38 heavy (non-hydrogen) atoms. The van der Waals surface area contributed by atoms with Gasteiger partial charge in [0.05, 0.1) is 6.20 Å². The van der Waals surface area contributed by atoms with Crippen LogP contribution < -0.4 is 9.47 Å². The highest BCUT2D eigenvalue weighted by atomic mass is 16.5. The van der Waals surface area contributed by atoms with Crippen LogP contribution >= 0.6 is 0 Å². The summed E-state index contributed by atoms with van der Waals surface area (Å²) in [6.45, 7) is 14.9. The Morgan fingerprint density at radius 2 is 1.26 bits per heavy atom. The number of benzene rings is 2. The molecule has 0 radical (unpaired) electrons. The Kier molecular flexibility index (Phi) is 8.41. The van der Waals surface area contributed by atoms with Gasteiger partial charge in [0, 0.05) is 18.0 Å². The molecule has 3 heterocycles. The van der Waals surface area contributed by atoms with Gasteiger partial charge in [-0.2, -0.15) is 5.10 Å². The maximum absolute atomic E-state index is 5.94. The summed E-state index contributed by atoms with van der Waals surface area (Å²) in [5, 5.41) is 4.07. The molecule has 0 aliphatic heterocycles. The maximum Gasteiger partial charge on any atom is 0.158 e. The van der Waals surface area contributed by atoms with Gasteiger partial charge in [-0.3, -0.25) is 4.98 Å². The third-order valence-corrected chi connectivity index (χ3v) is 6.32. The van der Waals surface area contributed by atoms with Gasteiger partial charge in [-0.15, -0.1) is 0 Å². The van der Waals surface area contributed by atoms with Crippen molar-refractivity contribution in [2.24, 2.45) is 0 Å². The number of hydrogen-bond donors (Lipinski definition) is 0. The van der Waals surface area contributed by atoms with E-state index in [2.05, 4.69) is 80.9 Å². The zero-order valence-corrected chi connectivity index (χ0v) is 23.3. The molecular formula is C32H36N4O2. The molecule has 0 N–H and O–H groups in total. The van der Waals surface area contributed by atoms with E-state index in [9.17, 15) is 0 Å². The molecule has 0 fully saturated rings. The van der Waals surface area contributed by atoms with Gasteiger partial charge in [-0.05, 0) is 85.2 Å². The van der Waals surface area contributed by atoms with Gasteiger partial charge in [0.1, 0.15) is 29.3 Å². The van der Waals surface area contributed by atoms with E-state index in [4.69, 9.17) is 9.47 Å². The molecule has 6 nitrogen and oxygen atoms in total. The van der Waals surface area contributed by atoms with Crippen molar-refractivity contribution in [3.63, 3.8) is 0 Å². The molecule has 3 aromatic heterocycles. The van der Waals surface area contributed by atoms with Crippen molar-refractivity contribution in [2.45, 2.75) is 60.3 Å². The van der Waals surface area contributed by atoms with Gasteiger partial charge in [0.2, 0.25) is 0 Å². The van der Waals surface area contributed by atoms with E-state index in [1.165, 1.54) is 17.5 Å². The Morgan fingerprint density at radius 3 is 1.79 bits per heavy atom. The van der Waals surface area contributed by atoms with E-state index < -0.39 is 0 Å². The number of rotatable bonds is 6. The molecule has 6 heteroatoms. The Morgan fingerprint density at radius 1 is 0.658 bits per heavy atom. The van der Waals surface area contributed by atoms with Crippen LogP contribution in [0.25, 0.3) is 5.65 Å². The molecule has 0 atom stereocenters. The first-order valence-electron chi connectivity index (χ1n) is 13.0. The van der Waals surface area contributed by atoms with Crippen LogP contribution in [0.3, 0.4) is 0 Å². The van der Waals surface area contributed by atoms with Gasteiger partial charge in [-0.25, -0.2) is 9.50 Å². The minimum absolute atomic E-state index is 0.523.